The molecule has 0 unspecified atom stereocenters. The van der Waals surface area contributed by atoms with Gasteiger partial charge in [-0.05, 0) is 43.2 Å². The minimum absolute atomic E-state index is 0.0818. The Kier molecular flexibility index (Phi) is 5.52. The number of amides is 1. The molecule has 0 radical (unpaired) electrons. The van der Waals surface area contributed by atoms with Crippen molar-refractivity contribution in [3.05, 3.63) is 75.5 Å². The molecule has 0 fully saturated rings. The van der Waals surface area contributed by atoms with E-state index in [-0.39, 0.29) is 11.4 Å². The first-order valence-corrected chi connectivity index (χ1v) is 9.89. The van der Waals surface area contributed by atoms with Crippen molar-refractivity contribution in [1.29, 1.82) is 5.41 Å². The number of halogens is 1. The smallest absolute Gasteiger partial charge is 0.282 e. The van der Waals surface area contributed by atoms with E-state index >= 15 is 0 Å². The van der Waals surface area contributed by atoms with Gasteiger partial charge in [-0.15, -0.1) is 5.06 Å². The van der Waals surface area contributed by atoms with E-state index in [1.807, 2.05) is 31.2 Å². The van der Waals surface area contributed by atoms with Crippen molar-refractivity contribution in [3.63, 3.8) is 0 Å². The molecule has 0 aromatic heterocycles. The Bertz CT molecular complexity index is 1170. The highest BCUT2D eigenvalue weighted by Gasteiger charge is 2.34. The molecule has 158 valence electrons. The number of hydrogen-bond donors (Lipinski definition) is 1. The number of hydrogen-bond acceptors (Lipinski definition) is 5. The summed E-state index contributed by atoms with van der Waals surface area (Å²) in [6, 6.07) is 11.3. The van der Waals surface area contributed by atoms with Crippen molar-refractivity contribution in [3.8, 4) is 11.5 Å². The van der Waals surface area contributed by atoms with Crippen LogP contribution in [0.1, 0.15) is 23.6 Å². The van der Waals surface area contributed by atoms with Crippen LogP contribution in [0.3, 0.4) is 0 Å². The normalized spacial score (nSPS) is 16.6. The summed E-state index contributed by atoms with van der Waals surface area (Å²) >= 11 is 6.46. The van der Waals surface area contributed by atoms with Crippen molar-refractivity contribution in [2.45, 2.75) is 20.5 Å². The maximum absolute atomic E-state index is 12.5. The Morgan fingerprint density at radius 3 is 2.68 bits per heavy atom. The molecule has 1 amide bonds. The number of ether oxygens (including phenoxy) is 2. The van der Waals surface area contributed by atoms with Crippen LogP contribution < -0.4 is 9.47 Å². The molecule has 0 aliphatic carbocycles. The van der Waals surface area contributed by atoms with Crippen LogP contribution in [0.5, 0.6) is 11.5 Å². The molecule has 2 aromatic rings. The third-order valence-corrected chi connectivity index (χ3v) is 5.03. The quantitative estimate of drug-likeness (QED) is 0.686. The molecule has 0 atom stereocenters. The largest absolute Gasteiger partial charge is 0.493 e. The number of amidine groups is 2. The molecular formula is C23H20ClN3O4. The number of allylic oxidation sites excluding steroid dienone is 1. The van der Waals surface area contributed by atoms with Gasteiger partial charge in [-0.1, -0.05) is 41.4 Å². The number of fused-ring (bicyclic) bond motifs is 1. The lowest BCUT2D eigenvalue weighted by Gasteiger charge is -2.23. The molecule has 2 aliphatic heterocycles. The number of carbonyl (C=O) groups is 1. The molecule has 0 bridgehead atoms. The predicted octanol–water partition coefficient (Wildman–Crippen LogP) is 4.69. The number of rotatable bonds is 5. The highest BCUT2D eigenvalue weighted by Crippen LogP contribution is 2.38. The molecule has 2 aliphatic rings. The SMILES string of the molecule is COc1cc(/C=C2\C(=N)N3OC(C)=CC3=NC2=O)cc(Cl)c1OCc1ccc(C)cc1. The van der Waals surface area contributed by atoms with Gasteiger partial charge in [0.25, 0.3) is 5.91 Å². The molecule has 31 heavy (non-hydrogen) atoms. The minimum Gasteiger partial charge on any atom is -0.493 e. The van der Waals surface area contributed by atoms with Gasteiger partial charge in [-0.3, -0.25) is 10.2 Å². The summed E-state index contributed by atoms with van der Waals surface area (Å²) in [7, 11) is 1.51. The Morgan fingerprint density at radius 1 is 1.23 bits per heavy atom. The lowest BCUT2D eigenvalue weighted by atomic mass is 10.1. The molecule has 2 heterocycles. The van der Waals surface area contributed by atoms with Gasteiger partial charge in [-0.25, -0.2) is 0 Å². The fraction of sp³-hybridized carbons (Fsp3) is 0.174. The van der Waals surface area contributed by atoms with Gasteiger partial charge >= 0.3 is 0 Å². The first-order chi connectivity index (χ1) is 14.9. The number of aryl methyl sites for hydroxylation is 1. The van der Waals surface area contributed by atoms with Crippen LogP contribution in [0.25, 0.3) is 6.08 Å². The van der Waals surface area contributed by atoms with Gasteiger partial charge in [0.05, 0.1) is 17.7 Å². The van der Waals surface area contributed by atoms with E-state index in [0.29, 0.717) is 40.3 Å². The fourth-order valence-corrected chi connectivity index (χ4v) is 3.44. The van der Waals surface area contributed by atoms with Crippen LogP contribution >= 0.6 is 11.6 Å². The highest BCUT2D eigenvalue weighted by atomic mass is 35.5. The summed E-state index contributed by atoms with van der Waals surface area (Å²) in [6.45, 7) is 4.08. The van der Waals surface area contributed by atoms with Crippen LogP contribution in [0.15, 0.2) is 58.8 Å². The summed E-state index contributed by atoms with van der Waals surface area (Å²) in [6.07, 6.45) is 3.13. The zero-order chi connectivity index (χ0) is 22.1. The van der Waals surface area contributed by atoms with Gasteiger partial charge in [0.15, 0.2) is 23.2 Å². The summed E-state index contributed by atoms with van der Waals surface area (Å²) in [5, 5.41) is 9.86. The Labute approximate surface area is 184 Å². The standard InChI is InChI=1S/C23H20ClN3O4/c1-13-4-6-15(7-5-13)12-30-21-18(24)10-16(11-19(21)29-3)9-17-22(25)27-20(26-23(17)28)8-14(2)31-27/h4-11,25H,12H2,1-3H3/b17-9+,25-22?. The first-order valence-electron chi connectivity index (χ1n) is 9.51. The lowest BCUT2D eigenvalue weighted by molar-refractivity contribution is -0.114. The van der Waals surface area contributed by atoms with Crippen LogP contribution in [-0.4, -0.2) is 29.8 Å². The molecule has 0 saturated heterocycles. The van der Waals surface area contributed by atoms with E-state index in [1.165, 1.54) is 23.8 Å². The average molecular weight is 438 g/mol. The first kappa shape index (κ1) is 20.7. The number of nitrogens with one attached hydrogen (secondary N) is 1. The molecule has 8 heteroatoms. The molecule has 0 spiro atoms. The molecule has 4 rings (SSSR count). The molecule has 7 nitrogen and oxygen atoms in total. The zero-order valence-corrected chi connectivity index (χ0v) is 18.0. The predicted molar refractivity (Wildman–Crippen MR) is 118 cm³/mol. The molecule has 0 saturated carbocycles. The summed E-state index contributed by atoms with van der Waals surface area (Å²) in [4.78, 5) is 21.9. The van der Waals surface area contributed by atoms with Crippen LogP contribution in [-0.2, 0) is 16.2 Å². The monoisotopic (exact) mass is 437 g/mol. The number of aliphatic imine (C=N–C) groups is 1. The topological polar surface area (TPSA) is 84.2 Å². The minimum atomic E-state index is -0.527. The zero-order valence-electron chi connectivity index (χ0n) is 17.2. The van der Waals surface area contributed by atoms with Gasteiger partial charge < -0.3 is 14.3 Å². The fourth-order valence-electron chi connectivity index (χ4n) is 3.17. The molecule has 2 aromatic carbocycles. The second-order valence-corrected chi connectivity index (χ2v) is 7.54. The van der Waals surface area contributed by atoms with Gasteiger partial charge in [0.1, 0.15) is 12.4 Å². The van der Waals surface area contributed by atoms with Gasteiger partial charge in [0, 0.05) is 6.08 Å². The molecule has 1 N–H and O–H groups in total. The van der Waals surface area contributed by atoms with Crippen LogP contribution in [0.2, 0.25) is 5.02 Å². The number of carbonyl (C=O) groups excluding carboxylic acids is 1. The van der Waals surface area contributed by atoms with E-state index in [4.69, 9.17) is 31.3 Å². The number of benzene rings is 2. The summed E-state index contributed by atoms with van der Waals surface area (Å²) < 4.78 is 11.3. The molecular weight excluding hydrogens is 418 g/mol. The Morgan fingerprint density at radius 2 is 1.97 bits per heavy atom. The summed E-state index contributed by atoms with van der Waals surface area (Å²) in [5.41, 5.74) is 2.82. The third kappa shape index (κ3) is 4.18. The lowest BCUT2D eigenvalue weighted by Crippen LogP contribution is -2.38. The highest BCUT2D eigenvalue weighted by molar-refractivity contribution is 6.33. The van der Waals surface area contributed by atoms with E-state index in [2.05, 4.69) is 4.99 Å². The average Bonchev–Trinajstić information content (AvgIpc) is 3.11. The van der Waals surface area contributed by atoms with E-state index in [1.54, 1.807) is 25.1 Å². The van der Waals surface area contributed by atoms with Gasteiger partial charge in [0.2, 0.25) is 0 Å². The number of nitrogens with zero attached hydrogens (tertiary/aromatic N) is 2. The van der Waals surface area contributed by atoms with Crippen molar-refractivity contribution < 1.29 is 19.1 Å². The van der Waals surface area contributed by atoms with Crippen LogP contribution in [0.4, 0.5) is 0 Å². The third-order valence-electron chi connectivity index (χ3n) is 4.75. The second kappa shape index (κ2) is 8.28. The van der Waals surface area contributed by atoms with E-state index in [0.717, 1.165) is 5.56 Å². The second-order valence-electron chi connectivity index (χ2n) is 7.13. The van der Waals surface area contributed by atoms with E-state index < -0.39 is 5.91 Å². The van der Waals surface area contributed by atoms with E-state index in [9.17, 15) is 4.79 Å². The van der Waals surface area contributed by atoms with Crippen LogP contribution in [0, 0.1) is 12.3 Å². The summed E-state index contributed by atoms with van der Waals surface area (Å²) in [5.74, 6) is 1.04. The van der Waals surface area contributed by atoms with Gasteiger partial charge in [-0.2, -0.15) is 4.99 Å². The van der Waals surface area contributed by atoms with Crippen molar-refractivity contribution >= 4 is 35.3 Å². The maximum atomic E-state index is 12.5. The van der Waals surface area contributed by atoms with Crippen molar-refractivity contribution in [1.82, 2.24) is 5.06 Å². The van der Waals surface area contributed by atoms with Crippen molar-refractivity contribution in [2.75, 3.05) is 7.11 Å². The number of methoxy groups -OCH3 is 1. The Balaban J connectivity index is 1.60. The Hall–Kier alpha value is -3.58. The number of hydroxylamine groups is 2. The van der Waals surface area contributed by atoms with Crippen molar-refractivity contribution in [2.24, 2.45) is 4.99 Å². The maximum Gasteiger partial charge on any atom is 0.282 e.